The van der Waals surface area contributed by atoms with E-state index in [1.54, 1.807) is 0 Å². The van der Waals surface area contributed by atoms with E-state index in [2.05, 4.69) is 73.0 Å². The summed E-state index contributed by atoms with van der Waals surface area (Å²) in [6, 6.07) is 17.4. The summed E-state index contributed by atoms with van der Waals surface area (Å²) in [5.41, 5.74) is 4.84. The van der Waals surface area contributed by atoms with Gasteiger partial charge in [0.1, 0.15) is 0 Å². The standard InChI is InChI=1S/C22H22N2P2/c1-25(2)19-11-9-17-15(7-5-13-23-17)21(19)22-16-8-6-14-24-18(16)10-12-20(22)26(3)4/h5-14H,1-4H3. The van der Waals surface area contributed by atoms with Crippen LogP contribution in [0.2, 0.25) is 0 Å². The van der Waals surface area contributed by atoms with E-state index in [1.807, 2.05) is 24.5 Å². The summed E-state index contributed by atoms with van der Waals surface area (Å²) in [6.07, 6.45) is 3.76. The number of nitrogens with zero attached hydrogens (tertiary/aromatic N) is 2. The minimum absolute atomic E-state index is 0.241. The molecular weight excluding hydrogens is 354 g/mol. The highest BCUT2D eigenvalue weighted by Crippen LogP contribution is 2.41. The molecular formula is C22H22N2P2. The molecule has 2 nitrogen and oxygen atoms in total. The number of rotatable bonds is 3. The van der Waals surface area contributed by atoms with Crippen molar-refractivity contribution in [2.75, 3.05) is 26.7 Å². The Balaban J connectivity index is 2.23. The Morgan fingerprint density at radius 3 is 1.38 bits per heavy atom. The first kappa shape index (κ1) is 17.5. The second-order valence-electron chi connectivity index (χ2n) is 6.85. The second-order valence-corrected chi connectivity index (χ2v) is 11.4. The summed E-state index contributed by atoms with van der Waals surface area (Å²) in [7, 11) is -0.482. The van der Waals surface area contributed by atoms with Gasteiger partial charge in [-0.25, -0.2) is 0 Å². The monoisotopic (exact) mass is 376 g/mol. The minimum Gasteiger partial charge on any atom is -0.256 e. The van der Waals surface area contributed by atoms with Crippen LogP contribution in [0.4, 0.5) is 0 Å². The van der Waals surface area contributed by atoms with Gasteiger partial charge in [0, 0.05) is 34.3 Å². The fourth-order valence-electron chi connectivity index (χ4n) is 3.55. The maximum atomic E-state index is 4.62. The predicted molar refractivity (Wildman–Crippen MR) is 119 cm³/mol. The van der Waals surface area contributed by atoms with E-state index in [-0.39, 0.29) is 15.8 Å². The van der Waals surface area contributed by atoms with Gasteiger partial charge in [-0.1, -0.05) is 40.1 Å². The molecule has 0 saturated heterocycles. The van der Waals surface area contributed by atoms with Crippen molar-refractivity contribution < 1.29 is 0 Å². The van der Waals surface area contributed by atoms with Gasteiger partial charge in [0.15, 0.2) is 0 Å². The van der Waals surface area contributed by atoms with Crippen LogP contribution >= 0.6 is 15.8 Å². The molecule has 4 heteroatoms. The molecule has 0 N–H and O–H groups in total. The lowest BCUT2D eigenvalue weighted by Gasteiger charge is -2.22. The summed E-state index contributed by atoms with van der Waals surface area (Å²) in [4.78, 5) is 9.24. The fourth-order valence-corrected chi connectivity index (χ4v) is 5.66. The van der Waals surface area contributed by atoms with Gasteiger partial charge < -0.3 is 0 Å². The van der Waals surface area contributed by atoms with Crippen molar-refractivity contribution in [2.45, 2.75) is 0 Å². The van der Waals surface area contributed by atoms with Gasteiger partial charge in [-0.2, -0.15) is 0 Å². The average molecular weight is 376 g/mol. The van der Waals surface area contributed by atoms with E-state index < -0.39 is 0 Å². The van der Waals surface area contributed by atoms with E-state index >= 15 is 0 Å². The van der Waals surface area contributed by atoms with Gasteiger partial charge >= 0.3 is 0 Å². The normalized spacial score (nSPS) is 11.8. The zero-order valence-electron chi connectivity index (χ0n) is 15.6. The van der Waals surface area contributed by atoms with Crippen LogP contribution in [-0.2, 0) is 0 Å². The number of fused-ring (bicyclic) bond motifs is 2. The second kappa shape index (κ2) is 7.03. The van der Waals surface area contributed by atoms with E-state index in [1.165, 1.54) is 32.5 Å². The van der Waals surface area contributed by atoms with Crippen molar-refractivity contribution in [3.8, 4) is 11.1 Å². The van der Waals surface area contributed by atoms with E-state index in [0.717, 1.165) is 11.0 Å². The molecule has 0 fully saturated rings. The highest BCUT2D eigenvalue weighted by Gasteiger charge is 2.20. The molecule has 0 bridgehead atoms. The molecule has 4 rings (SSSR count). The maximum absolute atomic E-state index is 4.62. The third kappa shape index (κ3) is 2.92. The molecule has 26 heavy (non-hydrogen) atoms. The molecule has 0 saturated carbocycles. The molecule has 0 aliphatic rings. The van der Waals surface area contributed by atoms with Crippen LogP contribution in [0.25, 0.3) is 32.9 Å². The van der Waals surface area contributed by atoms with E-state index in [9.17, 15) is 0 Å². The third-order valence-electron chi connectivity index (χ3n) is 4.74. The van der Waals surface area contributed by atoms with Crippen molar-refractivity contribution >= 4 is 48.3 Å². The Kier molecular flexibility index (Phi) is 4.74. The smallest absolute Gasteiger partial charge is 0.0708 e. The van der Waals surface area contributed by atoms with Crippen LogP contribution in [-0.4, -0.2) is 36.6 Å². The lowest BCUT2D eigenvalue weighted by Crippen LogP contribution is -2.13. The summed E-state index contributed by atoms with van der Waals surface area (Å²) >= 11 is 0. The first-order valence-corrected chi connectivity index (χ1v) is 13.2. The van der Waals surface area contributed by atoms with Gasteiger partial charge in [0.05, 0.1) is 11.0 Å². The molecule has 0 aliphatic carbocycles. The van der Waals surface area contributed by atoms with Crippen molar-refractivity contribution in [1.82, 2.24) is 9.97 Å². The van der Waals surface area contributed by atoms with E-state index in [0.29, 0.717) is 0 Å². The number of pyridine rings is 2. The van der Waals surface area contributed by atoms with Crippen LogP contribution in [0.1, 0.15) is 0 Å². The number of aromatic nitrogens is 2. The largest absolute Gasteiger partial charge is 0.256 e. The van der Waals surface area contributed by atoms with Crippen molar-refractivity contribution in [2.24, 2.45) is 0 Å². The first-order valence-electron chi connectivity index (χ1n) is 8.68. The summed E-state index contributed by atoms with van der Waals surface area (Å²) in [5, 5.41) is 5.37. The van der Waals surface area contributed by atoms with Crippen molar-refractivity contribution in [3.63, 3.8) is 0 Å². The highest BCUT2D eigenvalue weighted by atomic mass is 31.1. The van der Waals surface area contributed by atoms with Crippen LogP contribution in [0.3, 0.4) is 0 Å². The average Bonchev–Trinajstić information content (AvgIpc) is 2.66. The molecule has 0 atom stereocenters. The first-order chi connectivity index (χ1) is 12.6. The maximum Gasteiger partial charge on any atom is 0.0708 e. The zero-order chi connectivity index (χ0) is 18.3. The van der Waals surface area contributed by atoms with Crippen LogP contribution in [0.5, 0.6) is 0 Å². The summed E-state index contributed by atoms with van der Waals surface area (Å²) < 4.78 is 0. The summed E-state index contributed by atoms with van der Waals surface area (Å²) in [5.74, 6) is 0. The molecule has 2 aromatic heterocycles. The Hall–Kier alpha value is -1.88. The third-order valence-corrected chi connectivity index (χ3v) is 7.41. The number of hydrogen-bond donors (Lipinski definition) is 0. The molecule has 0 unspecified atom stereocenters. The summed E-state index contributed by atoms with van der Waals surface area (Å²) in [6.45, 7) is 9.33. The molecule has 0 radical (unpaired) electrons. The van der Waals surface area contributed by atoms with Gasteiger partial charge in [0.2, 0.25) is 0 Å². The lowest BCUT2D eigenvalue weighted by atomic mass is 9.96. The predicted octanol–water partition coefficient (Wildman–Crippen LogP) is 5.18. The van der Waals surface area contributed by atoms with Gasteiger partial charge in [-0.05, 0) is 61.5 Å². The Bertz CT molecular complexity index is 1010. The lowest BCUT2D eigenvalue weighted by molar-refractivity contribution is 1.41. The Labute approximate surface area is 157 Å². The minimum atomic E-state index is -0.241. The van der Waals surface area contributed by atoms with Gasteiger partial charge in [0.25, 0.3) is 0 Å². The fraction of sp³-hybridized carbons (Fsp3) is 0.182. The molecule has 2 heterocycles. The van der Waals surface area contributed by atoms with Crippen LogP contribution < -0.4 is 10.6 Å². The van der Waals surface area contributed by atoms with Crippen molar-refractivity contribution in [1.29, 1.82) is 0 Å². The van der Waals surface area contributed by atoms with E-state index in [4.69, 9.17) is 0 Å². The molecule has 0 amide bonds. The Morgan fingerprint density at radius 2 is 1.00 bits per heavy atom. The van der Waals surface area contributed by atoms with Crippen molar-refractivity contribution in [3.05, 3.63) is 60.9 Å². The topological polar surface area (TPSA) is 25.8 Å². The van der Waals surface area contributed by atoms with Gasteiger partial charge in [-0.15, -0.1) is 0 Å². The van der Waals surface area contributed by atoms with Crippen LogP contribution in [0.15, 0.2) is 60.9 Å². The number of benzene rings is 2. The number of hydrogen-bond acceptors (Lipinski definition) is 2. The van der Waals surface area contributed by atoms with Gasteiger partial charge in [-0.3, -0.25) is 9.97 Å². The molecule has 0 spiro atoms. The highest BCUT2D eigenvalue weighted by molar-refractivity contribution is 7.65. The zero-order valence-corrected chi connectivity index (χ0v) is 17.4. The SMILES string of the molecule is CP(C)c1ccc2ncccc2c1-c1c(P(C)C)ccc2ncccc12. The molecule has 2 aromatic carbocycles. The molecule has 4 aromatic rings. The van der Waals surface area contributed by atoms with Crippen LogP contribution in [0, 0.1) is 0 Å². The molecule has 130 valence electrons. The quantitative estimate of drug-likeness (QED) is 0.460. The molecule has 0 aliphatic heterocycles. The Morgan fingerprint density at radius 1 is 0.577 bits per heavy atom.